The lowest BCUT2D eigenvalue weighted by Gasteiger charge is -2.19. The number of fused-ring (bicyclic) bond motifs is 2. The van der Waals surface area contributed by atoms with Crippen molar-refractivity contribution < 1.29 is 18.3 Å². The number of aromatic nitrogens is 2. The van der Waals surface area contributed by atoms with Gasteiger partial charge in [0.1, 0.15) is 24.0 Å². The Morgan fingerprint density at radius 2 is 2.08 bits per heavy atom. The number of nitrogens with one attached hydrogen (secondary N) is 1. The van der Waals surface area contributed by atoms with Crippen molar-refractivity contribution in [2.45, 2.75) is 20.4 Å². The molecule has 0 spiro atoms. The van der Waals surface area contributed by atoms with Crippen LogP contribution in [0.3, 0.4) is 0 Å². The molecule has 1 aliphatic heterocycles. The van der Waals surface area contributed by atoms with Gasteiger partial charge in [-0.3, -0.25) is 9.47 Å². The number of hydrogen-bond donors (Lipinski definition) is 1. The Hall–Kier alpha value is -3.75. The maximum absolute atomic E-state index is 14.0. The van der Waals surface area contributed by atoms with Crippen LogP contribution in [-0.4, -0.2) is 54.4 Å². The van der Waals surface area contributed by atoms with E-state index in [1.165, 1.54) is 18.2 Å². The van der Waals surface area contributed by atoms with Crippen LogP contribution in [0.25, 0.3) is 22.7 Å². The molecule has 2 aromatic carbocycles. The minimum absolute atomic E-state index is 0.169. The van der Waals surface area contributed by atoms with Crippen LogP contribution in [0.15, 0.2) is 76.9 Å². The van der Waals surface area contributed by atoms with Gasteiger partial charge in [0.2, 0.25) is 0 Å². The number of rotatable bonds is 10. The van der Waals surface area contributed by atoms with Crippen molar-refractivity contribution in [2.75, 3.05) is 40.0 Å². The summed E-state index contributed by atoms with van der Waals surface area (Å²) in [6, 6.07) is 10.1. The van der Waals surface area contributed by atoms with E-state index in [9.17, 15) is 13.6 Å². The lowest BCUT2D eigenvalue weighted by molar-refractivity contribution is 0.148. The molecular formula is C30H33F2N3O3. The average Bonchev–Trinajstić information content (AvgIpc) is 3.14. The average molecular weight is 522 g/mol. The van der Waals surface area contributed by atoms with Gasteiger partial charge in [-0.15, -0.1) is 0 Å². The number of methoxy groups -OCH3 is 1. The van der Waals surface area contributed by atoms with Gasteiger partial charge in [-0.1, -0.05) is 25.6 Å². The molecule has 8 heteroatoms. The van der Waals surface area contributed by atoms with Crippen LogP contribution in [0.1, 0.15) is 25.0 Å². The lowest BCUT2D eigenvalue weighted by Crippen LogP contribution is -2.32. The molecule has 3 aromatic rings. The smallest absolute Gasteiger partial charge is 0.326 e. The molecule has 0 radical (unpaired) electrons. The molecule has 0 aliphatic carbocycles. The van der Waals surface area contributed by atoms with Crippen molar-refractivity contribution in [1.29, 1.82) is 0 Å². The molecule has 38 heavy (non-hydrogen) atoms. The van der Waals surface area contributed by atoms with Crippen molar-refractivity contribution in [3.8, 4) is 5.75 Å². The molecule has 1 aromatic heterocycles. The standard InChI is InChI=1S/C30H33F2N3O3/c1-5-34(14-15-37-4)12-13-35-28-11-7-22(17-27(28)33-30(35)36)16-26-24(9-6-21(3)31)20(2)19-38-29-18-23(32)8-10-25(26)29/h6-11,16-18H,3,5,12-15,19H2,1-2,4H3,(H,33,36)/b9-6-,26-16+. The third kappa shape index (κ3) is 6.20. The number of halogens is 2. The normalized spacial score (nSPS) is 14.9. The minimum Gasteiger partial charge on any atom is -0.488 e. The summed E-state index contributed by atoms with van der Waals surface area (Å²) in [5.74, 6) is -0.563. The highest BCUT2D eigenvalue weighted by molar-refractivity contribution is 5.96. The van der Waals surface area contributed by atoms with Crippen molar-refractivity contribution in [3.63, 3.8) is 0 Å². The molecule has 0 saturated heterocycles. The van der Waals surface area contributed by atoms with Crippen molar-refractivity contribution in [3.05, 3.63) is 99.5 Å². The molecule has 200 valence electrons. The van der Waals surface area contributed by atoms with Crippen molar-refractivity contribution >= 4 is 22.7 Å². The van der Waals surface area contributed by atoms with Crippen LogP contribution in [0.5, 0.6) is 5.75 Å². The Labute approximate surface area is 221 Å². The number of benzene rings is 2. The molecule has 2 heterocycles. The molecule has 0 atom stereocenters. The number of nitrogens with zero attached hydrogens (tertiary/aromatic N) is 2. The Balaban J connectivity index is 1.74. The number of aromatic amines is 1. The van der Waals surface area contributed by atoms with E-state index < -0.39 is 11.6 Å². The zero-order valence-corrected chi connectivity index (χ0v) is 22.0. The summed E-state index contributed by atoms with van der Waals surface area (Å²) in [5.41, 5.74) is 5.24. The van der Waals surface area contributed by atoms with E-state index in [0.29, 0.717) is 30.0 Å². The maximum Gasteiger partial charge on any atom is 0.326 e. The molecule has 1 N–H and O–H groups in total. The summed E-state index contributed by atoms with van der Waals surface area (Å²) < 4.78 is 40.3. The Morgan fingerprint density at radius 1 is 1.26 bits per heavy atom. The van der Waals surface area contributed by atoms with Gasteiger partial charge in [-0.05, 0) is 72.2 Å². The van der Waals surface area contributed by atoms with Crippen LogP contribution >= 0.6 is 0 Å². The summed E-state index contributed by atoms with van der Waals surface area (Å²) in [5, 5.41) is 0. The van der Waals surface area contributed by atoms with E-state index in [4.69, 9.17) is 9.47 Å². The fourth-order valence-electron chi connectivity index (χ4n) is 4.59. The summed E-state index contributed by atoms with van der Waals surface area (Å²) in [4.78, 5) is 18.0. The summed E-state index contributed by atoms with van der Waals surface area (Å²) in [6.45, 7) is 11.1. The molecule has 6 nitrogen and oxygen atoms in total. The maximum atomic E-state index is 14.0. The third-order valence-electron chi connectivity index (χ3n) is 6.67. The van der Waals surface area contributed by atoms with E-state index in [1.54, 1.807) is 23.8 Å². The molecule has 4 rings (SSSR count). The Morgan fingerprint density at radius 3 is 2.82 bits per heavy atom. The number of ether oxygens (including phenoxy) is 2. The van der Waals surface area contributed by atoms with Crippen LogP contribution in [-0.2, 0) is 11.3 Å². The zero-order valence-electron chi connectivity index (χ0n) is 22.0. The molecular weight excluding hydrogens is 488 g/mol. The topological polar surface area (TPSA) is 59.5 Å². The van der Waals surface area contributed by atoms with E-state index in [-0.39, 0.29) is 12.3 Å². The predicted molar refractivity (Wildman–Crippen MR) is 148 cm³/mol. The van der Waals surface area contributed by atoms with Gasteiger partial charge in [0, 0.05) is 38.4 Å². The second kappa shape index (κ2) is 12.2. The molecule has 1 aliphatic rings. The fourth-order valence-corrected chi connectivity index (χ4v) is 4.59. The van der Waals surface area contributed by atoms with E-state index in [0.717, 1.165) is 47.4 Å². The fraction of sp³-hybridized carbons (Fsp3) is 0.300. The quantitative estimate of drug-likeness (QED) is 0.347. The van der Waals surface area contributed by atoms with Gasteiger partial charge in [0.05, 0.1) is 17.6 Å². The summed E-state index contributed by atoms with van der Waals surface area (Å²) in [6.07, 6.45) is 4.90. The van der Waals surface area contributed by atoms with Gasteiger partial charge < -0.3 is 14.5 Å². The van der Waals surface area contributed by atoms with Crippen LogP contribution in [0.2, 0.25) is 0 Å². The number of imidazole rings is 1. The minimum atomic E-state index is -0.571. The highest BCUT2D eigenvalue weighted by atomic mass is 19.1. The monoisotopic (exact) mass is 521 g/mol. The van der Waals surface area contributed by atoms with E-state index in [2.05, 4.69) is 23.4 Å². The molecule has 0 bridgehead atoms. The van der Waals surface area contributed by atoms with Gasteiger partial charge in [0.25, 0.3) is 0 Å². The first-order valence-electron chi connectivity index (χ1n) is 12.6. The third-order valence-corrected chi connectivity index (χ3v) is 6.67. The summed E-state index contributed by atoms with van der Waals surface area (Å²) >= 11 is 0. The van der Waals surface area contributed by atoms with Crippen LogP contribution < -0.4 is 10.4 Å². The first-order valence-corrected chi connectivity index (χ1v) is 12.6. The largest absolute Gasteiger partial charge is 0.488 e. The predicted octanol–water partition coefficient (Wildman–Crippen LogP) is 5.73. The van der Waals surface area contributed by atoms with Gasteiger partial charge in [-0.2, -0.15) is 0 Å². The number of allylic oxidation sites excluding steroid dienone is 5. The van der Waals surface area contributed by atoms with Crippen LogP contribution in [0.4, 0.5) is 8.78 Å². The number of hydrogen-bond acceptors (Lipinski definition) is 4. The lowest BCUT2D eigenvalue weighted by atomic mass is 9.92. The zero-order chi connectivity index (χ0) is 27.2. The highest BCUT2D eigenvalue weighted by Crippen LogP contribution is 2.38. The van der Waals surface area contributed by atoms with Gasteiger partial charge >= 0.3 is 5.69 Å². The first-order chi connectivity index (χ1) is 18.3. The second-order valence-electron chi connectivity index (χ2n) is 9.25. The van der Waals surface area contributed by atoms with Gasteiger partial charge in [0.15, 0.2) is 0 Å². The SMILES string of the molecule is C=C(F)/C=C\C1=C(C)COc2cc(F)ccc2/C1=C/c1ccc2c(c1)[nH]c(=O)n2CCN(CC)CCOC. The van der Waals surface area contributed by atoms with E-state index in [1.807, 2.05) is 31.2 Å². The molecule has 0 unspecified atom stereocenters. The molecule has 0 fully saturated rings. The highest BCUT2D eigenvalue weighted by Gasteiger charge is 2.20. The van der Waals surface area contributed by atoms with Gasteiger partial charge in [-0.25, -0.2) is 13.6 Å². The number of likely N-dealkylation sites (N-methyl/N-ethyl adjacent to an activating group) is 1. The number of H-pyrrole nitrogens is 1. The Kier molecular flexibility index (Phi) is 8.76. The first kappa shape index (κ1) is 27.3. The second-order valence-corrected chi connectivity index (χ2v) is 9.25. The summed E-state index contributed by atoms with van der Waals surface area (Å²) in [7, 11) is 1.68. The molecule has 0 amide bonds. The van der Waals surface area contributed by atoms with E-state index >= 15 is 0 Å². The Bertz CT molecular complexity index is 1480. The molecule has 0 saturated carbocycles. The van der Waals surface area contributed by atoms with Crippen molar-refractivity contribution in [2.24, 2.45) is 0 Å². The van der Waals surface area contributed by atoms with Crippen molar-refractivity contribution in [1.82, 2.24) is 14.5 Å². The van der Waals surface area contributed by atoms with Crippen LogP contribution in [0, 0.1) is 5.82 Å².